The van der Waals surface area contributed by atoms with Gasteiger partial charge >= 0.3 is 0 Å². The van der Waals surface area contributed by atoms with Gasteiger partial charge < -0.3 is 5.32 Å². The van der Waals surface area contributed by atoms with Crippen LogP contribution >= 0.6 is 24.0 Å². The van der Waals surface area contributed by atoms with Gasteiger partial charge in [-0.15, -0.1) is 12.4 Å². The highest BCUT2D eigenvalue weighted by Gasteiger charge is 1.97. The zero-order valence-electron chi connectivity index (χ0n) is 8.59. The number of rotatable bonds is 4. The van der Waals surface area contributed by atoms with Gasteiger partial charge in [-0.25, -0.2) is 0 Å². The van der Waals surface area contributed by atoms with E-state index in [-0.39, 0.29) is 12.4 Å². The van der Waals surface area contributed by atoms with Gasteiger partial charge in [-0.1, -0.05) is 30.7 Å². The molecule has 1 nitrogen and oxygen atoms in total. The lowest BCUT2D eigenvalue weighted by Crippen LogP contribution is -2.24. The Morgan fingerprint density at radius 3 is 2.36 bits per heavy atom. The predicted octanol–water partition coefficient (Wildman–Crippen LogP) is 3.65. The highest BCUT2D eigenvalue weighted by Crippen LogP contribution is 2.09. The van der Waals surface area contributed by atoms with Gasteiger partial charge in [0.05, 0.1) is 0 Å². The summed E-state index contributed by atoms with van der Waals surface area (Å²) in [7, 11) is 0. The molecule has 0 aromatic heterocycles. The number of hydrogen-bond donors (Lipinski definition) is 1. The fourth-order valence-corrected chi connectivity index (χ4v) is 1.16. The van der Waals surface area contributed by atoms with Crippen LogP contribution in [-0.4, -0.2) is 6.04 Å². The maximum Gasteiger partial charge on any atom is 0.0406 e. The fraction of sp³-hybridized carbons (Fsp3) is 0.455. The third-order valence-corrected chi connectivity index (χ3v) is 2.43. The predicted molar refractivity (Wildman–Crippen MR) is 65.3 cm³/mol. The van der Waals surface area contributed by atoms with Gasteiger partial charge in [0.25, 0.3) is 0 Å². The van der Waals surface area contributed by atoms with Gasteiger partial charge in [-0.2, -0.15) is 0 Å². The molecule has 1 rings (SSSR count). The van der Waals surface area contributed by atoms with Crippen molar-refractivity contribution in [3.63, 3.8) is 0 Å². The molecular formula is C11H17Cl2N. The number of hydrogen-bond acceptors (Lipinski definition) is 1. The smallest absolute Gasteiger partial charge is 0.0406 e. The largest absolute Gasteiger partial charge is 0.310 e. The summed E-state index contributed by atoms with van der Waals surface area (Å²) in [6.45, 7) is 5.29. The summed E-state index contributed by atoms with van der Waals surface area (Å²) in [6, 6.07) is 8.54. The first-order valence-corrected chi connectivity index (χ1v) is 5.08. The van der Waals surface area contributed by atoms with E-state index in [0.717, 1.165) is 18.0 Å². The van der Waals surface area contributed by atoms with Crippen molar-refractivity contribution in [3.8, 4) is 0 Å². The zero-order chi connectivity index (χ0) is 9.68. The minimum absolute atomic E-state index is 0. The molecule has 1 aromatic rings. The molecule has 3 heteroatoms. The van der Waals surface area contributed by atoms with Crippen molar-refractivity contribution < 1.29 is 0 Å². The summed E-state index contributed by atoms with van der Waals surface area (Å²) in [5, 5.41) is 4.22. The van der Waals surface area contributed by atoms with Gasteiger partial charge in [0.2, 0.25) is 0 Å². The van der Waals surface area contributed by atoms with Crippen LogP contribution in [0.25, 0.3) is 0 Å². The van der Waals surface area contributed by atoms with Crippen LogP contribution in [0.4, 0.5) is 0 Å². The Hall–Kier alpha value is -0.240. The molecular weight excluding hydrogens is 217 g/mol. The van der Waals surface area contributed by atoms with E-state index in [1.165, 1.54) is 5.56 Å². The average molecular weight is 234 g/mol. The topological polar surface area (TPSA) is 12.0 Å². The first-order valence-electron chi connectivity index (χ1n) is 4.70. The van der Waals surface area contributed by atoms with Gasteiger partial charge in [0.1, 0.15) is 0 Å². The Morgan fingerprint density at radius 1 is 1.29 bits per heavy atom. The van der Waals surface area contributed by atoms with Crippen LogP contribution in [0.15, 0.2) is 24.3 Å². The highest BCUT2D eigenvalue weighted by molar-refractivity contribution is 6.30. The second-order valence-electron chi connectivity index (χ2n) is 3.32. The molecule has 14 heavy (non-hydrogen) atoms. The lowest BCUT2D eigenvalue weighted by Gasteiger charge is -2.10. The summed E-state index contributed by atoms with van der Waals surface area (Å²) in [6.07, 6.45) is 1.16. The Kier molecular flexibility index (Phi) is 6.98. The van der Waals surface area contributed by atoms with Crippen LogP contribution in [0.1, 0.15) is 25.8 Å². The zero-order valence-corrected chi connectivity index (χ0v) is 10.2. The second kappa shape index (κ2) is 7.10. The quantitative estimate of drug-likeness (QED) is 0.838. The third kappa shape index (κ3) is 4.85. The molecule has 0 aliphatic carbocycles. The van der Waals surface area contributed by atoms with E-state index in [9.17, 15) is 0 Å². The Balaban J connectivity index is 0.00000169. The SMILES string of the molecule is CCC(C)NCc1ccc(Cl)cc1.Cl. The van der Waals surface area contributed by atoms with Gasteiger partial charge in [-0.05, 0) is 31.0 Å². The van der Waals surface area contributed by atoms with Crippen molar-refractivity contribution in [2.45, 2.75) is 32.9 Å². The van der Waals surface area contributed by atoms with E-state index in [4.69, 9.17) is 11.6 Å². The van der Waals surface area contributed by atoms with Crippen LogP contribution < -0.4 is 5.32 Å². The molecule has 1 aromatic carbocycles. The normalized spacial score (nSPS) is 11.9. The Bertz CT molecular complexity index is 246. The van der Waals surface area contributed by atoms with Crippen molar-refractivity contribution in [1.29, 1.82) is 0 Å². The van der Waals surface area contributed by atoms with E-state index >= 15 is 0 Å². The first kappa shape index (κ1) is 13.8. The van der Waals surface area contributed by atoms with Gasteiger partial charge in [-0.3, -0.25) is 0 Å². The molecule has 0 fully saturated rings. The standard InChI is InChI=1S/C11H16ClN.ClH/c1-3-9(2)13-8-10-4-6-11(12)7-5-10;/h4-7,9,13H,3,8H2,1-2H3;1H. The number of halogens is 2. The van der Waals surface area contributed by atoms with E-state index in [1.54, 1.807) is 0 Å². The lowest BCUT2D eigenvalue weighted by atomic mass is 10.2. The van der Waals surface area contributed by atoms with Crippen molar-refractivity contribution in [3.05, 3.63) is 34.9 Å². The summed E-state index contributed by atoms with van der Waals surface area (Å²) in [4.78, 5) is 0. The second-order valence-corrected chi connectivity index (χ2v) is 3.75. The van der Waals surface area contributed by atoms with Gasteiger partial charge in [0.15, 0.2) is 0 Å². The highest BCUT2D eigenvalue weighted by atomic mass is 35.5. The van der Waals surface area contributed by atoms with Crippen LogP contribution in [0.3, 0.4) is 0 Å². The van der Waals surface area contributed by atoms with E-state index in [2.05, 4.69) is 31.3 Å². The van der Waals surface area contributed by atoms with Crippen LogP contribution in [0, 0.1) is 0 Å². The molecule has 0 saturated carbocycles. The summed E-state index contributed by atoms with van der Waals surface area (Å²) in [5.41, 5.74) is 1.28. The van der Waals surface area contributed by atoms with E-state index in [0.29, 0.717) is 6.04 Å². The number of benzene rings is 1. The minimum Gasteiger partial charge on any atom is -0.310 e. The van der Waals surface area contributed by atoms with Crippen molar-refractivity contribution in [1.82, 2.24) is 5.32 Å². The van der Waals surface area contributed by atoms with Gasteiger partial charge in [0, 0.05) is 17.6 Å². The van der Waals surface area contributed by atoms with Crippen molar-refractivity contribution >= 4 is 24.0 Å². The van der Waals surface area contributed by atoms with Crippen molar-refractivity contribution in [2.75, 3.05) is 0 Å². The van der Waals surface area contributed by atoms with Crippen LogP contribution in [0.5, 0.6) is 0 Å². The summed E-state index contributed by atoms with van der Waals surface area (Å²) >= 11 is 5.78. The molecule has 0 bridgehead atoms. The average Bonchev–Trinajstić information content (AvgIpc) is 2.16. The molecule has 1 unspecified atom stereocenters. The minimum atomic E-state index is 0. The molecule has 80 valence electrons. The maximum atomic E-state index is 5.78. The molecule has 0 saturated heterocycles. The lowest BCUT2D eigenvalue weighted by molar-refractivity contribution is 0.534. The van der Waals surface area contributed by atoms with Crippen molar-refractivity contribution in [2.24, 2.45) is 0 Å². The van der Waals surface area contributed by atoms with E-state index in [1.807, 2.05) is 12.1 Å². The first-order chi connectivity index (χ1) is 6.22. The Morgan fingerprint density at radius 2 is 1.86 bits per heavy atom. The van der Waals surface area contributed by atoms with Crippen LogP contribution in [-0.2, 0) is 6.54 Å². The third-order valence-electron chi connectivity index (χ3n) is 2.18. The molecule has 0 radical (unpaired) electrons. The molecule has 0 aliphatic rings. The number of nitrogens with one attached hydrogen (secondary N) is 1. The fourth-order valence-electron chi connectivity index (χ4n) is 1.04. The molecule has 0 amide bonds. The monoisotopic (exact) mass is 233 g/mol. The summed E-state index contributed by atoms with van der Waals surface area (Å²) < 4.78 is 0. The molecule has 1 atom stereocenters. The molecule has 0 heterocycles. The molecule has 0 spiro atoms. The molecule has 1 N–H and O–H groups in total. The van der Waals surface area contributed by atoms with E-state index < -0.39 is 0 Å². The Labute approximate surface area is 97.3 Å². The van der Waals surface area contributed by atoms with Crippen LogP contribution in [0.2, 0.25) is 5.02 Å². The molecule has 0 aliphatic heterocycles. The summed E-state index contributed by atoms with van der Waals surface area (Å²) in [5.74, 6) is 0. The maximum absolute atomic E-state index is 5.78.